The molecule has 0 unspecified atom stereocenters. The summed E-state index contributed by atoms with van der Waals surface area (Å²) < 4.78 is 6.06. The number of hydrogen-bond acceptors (Lipinski definition) is 5. The quantitative estimate of drug-likeness (QED) is 0.445. The lowest BCUT2D eigenvalue weighted by molar-refractivity contribution is 0.209. The largest absolute Gasteiger partial charge is 0.493 e. The van der Waals surface area contributed by atoms with Gasteiger partial charge < -0.3 is 16.2 Å². The van der Waals surface area contributed by atoms with Gasteiger partial charge in [-0.15, -0.1) is 16.4 Å². The Morgan fingerprint density at radius 1 is 1.22 bits per heavy atom. The average molecular weight is 386 g/mol. The second-order valence-corrected chi connectivity index (χ2v) is 7.99. The maximum absolute atomic E-state index is 6.06. The van der Waals surface area contributed by atoms with Gasteiger partial charge in [0.1, 0.15) is 10.8 Å². The minimum atomic E-state index is -0.0560. The smallest absolute Gasteiger partial charge is 0.211 e. The highest BCUT2D eigenvalue weighted by Crippen LogP contribution is 2.31. The molecule has 1 aliphatic rings. The molecule has 1 heterocycles. The van der Waals surface area contributed by atoms with Crippen LogP contribution in [0.1, 0.15) is 49.6 Å². The predicted octanol–water partition coefficient (Wildman–Crippen LogP) is 4.08. The van der Waals surface area contributed by atoms with Crippen LogP contribution in [-0.4, -0.2) is 23.3 Å². The van der Waals surface area contributed by atoms with Crippen molar-refractivity contribution in [1.29, 1.82) is 0 Å². The summed E-state index contributed by atoms with van der Waals surface area (Å²) in [5.41, 5.74) is 13.4. The van der Waals surface area contributed by atoms with Crippen molar-refractivity contribution in [2.45, 2.75) is 46.0 Å². The van der Waals surface area contributed by atoms with Crippen LogP contribution in [0.15, 0.2) is 34.5 Å². The van der Waals surface area contributed by atoms with Gasteiger partial charge in [-0.25, -0.2) is 4.98 Å². The van der Waals surface area contributed by atoms with Crippen LogP contribution in [0.25, 0.3) is 10.6 Å². The number of rotatable bonds is 6. The summed E-state index contributed by atoms with van der Waals surface area (Å²) in [5.74, 6) is 1.53. The Hall–Kier alpha value is -2.41. The first kappa shape index (κ1) is 19.4. The van der Waals surface area contributed by atoms with E-state index < -0.39 is 0 Å². The minimum absolute atomic E-state index is 0.0560. The zero-order valence-electron chi connectivity index (χ0n) is 15.9. The summed E-state index contributed by atoms with van der Waals surface area (Å²) in [6.45, 7) is 4.64. The molecule has 6 nitrogen and oxygen atoms in total. The number of thiazole rings is 1. The van der Waals surface area contributed by atoms with E-state index in [2.05, 4.69) is 22.3 Å². The Labute approximate surface area is 164 Å². The third-order valence-electron chi connectivity index (χ3n) is 4.73. The highest BCUT2D eigenvalue weighted by molar-refractivity contribution is 7.17. The molecule has 1 aromatic heterocycles. The molecule has 1 aromatic carbocycles. The lowest BCUT2D eigenvalue weighted by Gasteiger charge is -2.21. The Balaban J connectivity index is 1.74. The molecule has 4 N–H and O–H groups in total. The van der Waals surface area contributed by atoms with Crippen LogP contribution >= 0.6 is 11.3 Å². The van der Waals surface area contributed by atoms with Crippen molar-refractivity contribution in [3.8, 4) is 16.3 Å². The van der Waals surface area contributed by atoms with E-state index in [1.54, 1.807) is 11.3 Å². The zero-order chi connectivity index (χ0) is 19.2. The topological polar surface area (TPSA) is 98.9 Å². The van der Waals surface area contributed by atoms with E-state index in [1.165, 1.54) is 32.1 Å². The first-order chi connectivity index (χ1) is 13.0. The second kappa shape index (κ2) is 8.99. The number of aryl methyl sites for hydroxylation is 1. The summed E-state index contributed by atoms with van der Waals surface area (Å²) in [6.07, 6.45) is 6.59. The van der Waals surface area contributed by atoms with Gasteiger partial charge in [-0.2, -0.15) is 5.10 Å². The van der Waals surface area contributed by atoms with Crippen LogP contribution < -0.4 is 16.2 Å². The Kier molecular flexibility index (Phi) is 6.45. The number of guanidine groups is 1. The summed E-state index contributed by atoms with van der Waals surface area (Å²) in [7, 11) is 0. The summed E-state index contributed by atoms with van der Waals surface area (Å²) >= 11 is 1.58. The van der Waals surface area contributed by atoms with Crippen molar-refractivity contribution in [3.05, 3.63) is 34.8 Å². The molecule has 0 aliphatic heterocycles. The second-order valence-electron chi connectivity index (χ2n) is 6.99. The summed E-state index contributed by atoms with van der Waals surface area (Å²) in [6, 6.07) is 8.15. The normalized spacial score (nSPS) is 15.6. The summed E-state index contributed by atoms with van der Waals surface area (Å²) in [5, 5.41) is 8.72. The SMILES string of the molecule is CC(=NN=C(N)N)c1sc(-c2cccc(OCC3CCCCC3)c2)nc1C. The van der Waals surface area contributed by atoms with Crippen molar-refractivity contribution in [1.82, 2.24) is 4.98 Å². The van der Waals surface area contributed by atoms with E-state index in [0.717, 1.165) is 39.2 Å². The van der Waals surface area contributed by atoms with Crippen molar-refractivity contribution in [2.75, 3.05) is 6.61 Å². The fourth-order valence-electron chi connectivity index (χ4n) is 3.32. The van der Waals surface area contributed by atoms with Crippen LogP contribution in [0, 0.1) is 12.8 Å². The monoisotopic (exact) mass is 385 g/mol. The van der Waals surface area contributed by atoms with Crippen molar-refractivity contribution in [2.24, 2.45) is 27.6 Å². The highest BCUT2D eigenvalue weighted by Gasteiger charge is 2.15. The van der Waals surface area contributed by atoms with E-state index in [9.17, 15) is 0 Å². The zero-order valence-corrected chi connectivity index (χ0v) is 16.8. The van der Waals surface area contributed by atoms with Gasteiger partial charge in [-0.05, 0) is 44.7 Å². The molecule has 1 fully saturated rings. The van der Waals surface area contributed by atoms with Gasteiger partial charge in [-0.1, -0.05) is 31.4 Å². The molecule has 144 valence electrons. The molecular formula is C20H27N5OS. The molecule has 0 amide bonds. The Morgan fingerprint density at radius 2 is 2.00 bits per heavy atom. The van der Waals surface area contributed by atoms with E-state index in [-0.39, 0.29) is 5.96 Å². The van der Waals surface area contributed by atoms with Gasteiger partial charge in [0.05, 0.1) is 22.9 Å². The van der Waals surface area contributed by atoms with Crippen LogP contribution in [0.4, 0.5) is 0 Å². The Morgan fingerprint density at radius 3 is 2.74 bits per heavy atom. The number of nitrogens with two attached hydrogens (primary N) is 2. The van der Waals surface area contributed by atoms with Crippen LogP contribution in [-0.2, 0) is 0 Å². The molecular weight excluding hydrogens is 358 g/mol. The van der Waals surface area contributed by atoms with Crippen molar-refractivity contribution >= 4 is 23.0 Å². The summed E-state index contributed by atoms with van der Waals surface area (Å²) in [4.78, 5) is 5.67. The van der Waals surface area contributed by atoms with Crippen molar-refractivity contribution < 1.29 is 4.74 Å². The lowest BCUT2D eigenvalue weighted by Crippen LogP contribution is -2.22. The molecule has 3 rings (SSSR count). The number of ether oxygens (including phenoxy) is 1. The maximum atomic E-state index is 6.06. The third-order valence-corrected chi connectivity index (χ3v) is 6.05. The standard InChI is InChI=1S/C20H27N5OS/c1-13-18(14(2)24-25-20(21)22)27-19(23-13)16-9-6-10-17(11-16)26-12-15-7-4-3-5-8-15/h6,9-11,15H,3-5,7-8,12H2,1-2H3,(H4,21,22,25). The molecule has 1 aliphatic carbocycles. The fraction of sp³-hybridized carbons (Fsp3) is 0.450. The molecule has 0 bridgehead atoms. The van der Waals surface area contributed by atoms with Gasteiger partial charge >= 0.3 is 0 Å². The number of nitrogens with zero attached hydrogens (tertiary/aromatic N) is 3. The van der Waals surface area contributed by atoms with Gasteiger partial charge in [-0.3, -0.25) is 0 Å². The number of aromatic nitrogens is 1. The molecule has 7 heteroatoms. The molecule has 0 saturated heterocycles. The van der Waals surface area contributed by atoms with E-state index in [0.29, 0.717) is 5.92 Å². The van der Waals surface area contributed by atoms with Gasteiger partial charge in [0.2, 0.25) is 5.96 Å². The number of benzene rings is 1. The molecule has 0 spiro atoms. The van der Waals surface area contributed by atoms with Gasteiger partial charge in [0, 0.05) is 5.56 Å². The van der Waals surface area contributed by atoms with Gasteiger partial charge in [0.25, 0.3) is 0 Å². The number of hydrogen-bond donors (Lipinski definition) is 2. The fourth-order valence-corrected chi connectivity index (χ4v) is 4.32. The predicted molar refractivity (Wildman–Crippen MR) is 112 cm³/mol. The van der Waals surface area contributed by atoms with Crippen molar-refractivity contribution in [3.63, 3.8) is 0 Å². The highest BCUT2D eigenvalue weighted by atomic mass is 32.1. The molecule has 2 aromatic rings. The Bertz CT molecular complexity index is 833. The molecule has 0 radical (unpaired) electrons. The third kappa shape index (κ3) is 5.29. The average Bonchev–Trinajstić information content (AvgIpc) is 3.07. The molecule has 0 atom stereocenters. The lowest BCUT2D eigenvalue weighted by atomic mass is 9.90. The first-order valence-corrected chi connectivity index (χ1v) is 10.2. The van der Waals surface area contributed by atoms with Crippen LogP contribution in [0.2, 0.25) is 0 Å². The van der Waals surface area contributed by atoms with E-state index in [4.69, 9.17) is 21.2 Å². The van der Waals surface area contributed by atoms with Crippen LogP contribution in [0.3, 0.4) is 0 Å². The van der Waals surface area contributed by atoms with Crippen LogP contribution in [0.5, 0.6) is 5.75 Å². The van der Waals surface area contributed by atoms with E-state index >= 15 is 0 Å². The minimum Gasteiger partial charge on any atom is -0.493 e. The maximum Gasteiger partial charge on any atom is 0.211 e. The van der Waals surface area contributed by atoms with Gasteiger partial charge in [0.15, 0.2) is 0 Å². The molecule has 27 heavy (non-hydrogen) atoms. The first-order valence-electron chi connectivity index (χ1n) is 9.37. The van der Waals surface area contributed by atoms with E-state index in [1.807, 2.05) is 26.0 Å². The molecule has 1 saturated carbocycles.